The van der Waals surface area contributed by atoms with Gasteiger partial charge < -0.3 is 19.1 Å². The summed E-state index contributed by atoms with van der Waals surface area (Å²) in [4.78, 5) is 22.0. The van der Waals surface area contributed by atoms with Crippen LogP contribution < -0.4 is 9.64 Å². The van der Waals surface area contributed by atoms with Gasteiger partial charge in [0, 0.05) is 49.9 Å². The van der Waals surface area contributed by atoms with E-state index in [0.29, 0.717) is 17.9 Å². The number of aromatic nitrogens is 2. The Balaban J connectivity index is 1.42. The minimum Gasteiger partial charge on any atom is -0.497 e. The highest BCUT2D eigenvalue weighted by Gasteiger charge is 2.23. The summed E-state index contributed by atoms with van der Waals surface area (Å²) in [7, 11) is 1.67. The molecule has 0 radical (unpaired) electrons. The summed E-state index contributed by atoms with van der Waals surface area (Å²) >= 11 is 1.51. The molecule has 2 aromatic heterocycles. The van der Waals surface area contributed by atoms with E-state index in [-0.39, 0.29) is 5.91 Å². The van der Waals surface area contributed by atoms with Gasteiger partial charge in [0.15, 0.2) is 0 Å². The summed E-state index contributed by atoms with van der Waals surface area (Å²) < 4.78 is 10.4. The Bertz CT molecular complexity index is 1020. The number of hydrogen-bond donors (Lipinski definition) is 0. The van der Waals surface area contributed by atoms with E-state index >= 15 is 0 Å². The lowest BCUT2D eigenvalue weighted by atomic mass is 10.2. The fourth-order valence-corrected chi connectivity index (χ4v) is 4.51. The van der Waals surface area contributed by atoms with Crippen molar-refractivity contribution in [3.63, 3.8) is 0 Å². The van der Waals surface area contributed by atoms with Crippen molar-refractivity contribution >= 4 is 23.4 Å². The van der Waals surface area contributed by atoms with Crippen LogP contribution in [0.15, 0.2) is 58.2 Å². The highest BCUT2D eigenvalue weighted by Crippen LogP contribution is 2.26. The average molecular weight is 439 g/mol. The topological polar surface area (TPSA) is 71.7 Å². The first-order valence-corrected chi connectivity index (χ1v) is 11.3. The minimum absolute atomic E-state index is 0.0310. The predicted octanol–water partition coefficient (Wildman–Crippen LogP) is 4.03. The van der Waals surface area contributed by atoms with Crippen molar-refractivity contribution in [3.05, 3.63) is 65.7 Å². The third-order valence-corrected chi connectivity index (χ3v) is 6.29. The van der Waals surface area contributed by atoms with Crippen LogP contribution in [0.4, 0.5) is 5.69 Å². The molecule has 1 aliphatic rings. The molecule has 0 spiro atoms. The van der Waals surface area contributed by atoms with Crippen molar-refractivity contribution in [1.29, 1.82) is 0 Å². The molecule has 3 heterocycles. The second kappa shape index (κ2) is 9.87. The van der Waals surface area contributed by atoms with Gasteiger partial charge in [0.05, 0.1) is 18.4 Å². The zero-order chi connectivity index (χ0) is 21.6. The third kappa shape index (κ3) is 5.19. The number of ether oxygens (including phenoxy) is 1. The fourth-order valence-electron chi connectivity index (χ4n) is 3.64. The van der Waals surface area contributed by atoms with Crippen LogP contribution in [-0.4, -0.2) is 54.2 Å². The Labute approximate surface area is 186 Å². The van der Waals surface area contributed by atoms with Gasteiger partial charge in [-0.15, -0.1) is 0 Å². The summed E-state index contributed by atoms with van der Waals surface area (Å²) in [5.41, 5.74) is 2.64. The first-order chi connectivity index (χ1) is 15.1. The zero-order valence-corrected chi connectivity index (χ0v) is 18.6. The van der Waals surface area contributed by atoms with Crippen molar-refractivity contribution < 1.29 is 14.1 Å². The van der Waals surface area contributed by atoms with Gasteiger partial charge in [-0.3, -0.25) is 4.79 Å². The Morgan fingerprint density at radius 2 is 2.00 bits per heavy atom. The van der Waals surface area contributed by atoms with Gasteiger partial charge in [0.2, 0.25) is 0 Å². The number of carbonyl (C=O) groups is 1. The molecule has 7 nitrogen and oxygen atoms in total. The standard InChI is InChI=1S/C23H26N4O3S/c1-17-15-18(25-30-17)16-31-22-21(5-3-10-24-22)23(28)27-12-4-11-26(13-14-27)19-6-8-20(29-2)9-7-19/h3,5-10,15H,4,11-14,16H2,1-2H3. The molecule has 31 heavy (non-hydrogen) atoms. The van der Waals surface area contributed by atoms with E-state index in [9.17, 15) is 4.79 Å². The van der Waals surface area contributed by atoms with E-state index in [1.807, 2.05) is 42.2 Å². The van der Waals surface area contributed by atoms with E-state index in [1.165, 1.54) is 11.8 Å². The molecule has 1 fully saturated rings. The number of rotatable bonds is 6. The number of amides is 1. The maximum absolute atomic E-state index is 13.3. The number of hydrogen-bond acceptors (Lipinski definition) is 7. The van der Waals surface area contributed by atoms with Gasteiger partial charge in [-0.1, -0.05) is 16.9 Å². The number of aryl methyl sites for hydroxylation is 1. The maximum atomic E-state index is 13.3. The van der Waals surface area contributed by atoms with Crippen molar-refractivity contribution in [2.75, 3.05) is 38.2 Å². The molecule has 1 aliphatic heterocycles. The van der Waals surface area contributed by atoms with Crippen molar-refractivity contribution in [1.82, 2.24) is 15.0 Å². The normalized spacial score (nSPS) is 14.4. The quantitative estimate of drug-likeness (QED) is 0.538. The van der Waals surface area contributed by atoms with E-state index in [1.54, 1.807) is 13.3 Å². The first kappa shape index (κ1) is 21.2. The van der Waals surface area contributed by atoms with Crippen molar-refractivity contribution in [2.45, 2.75) is 24.1 Å². The number of methoxy groups -OCH3 is 1. The van der Waals surface area contributed by atoms with Crippen LogP contribution in [0.1, 0.15) is 28.2 Å². The molecule has 1 aromatic carbocycles. The monoisotopic (exact) mass is 438 g/mol. The SMILES string of the molecule is COc1ccc(N2CCCN(C(=O)c3cccnc3SCc3cc(C)on3)CC2)cc1. The van der Waals surface area contributed by atoms with Crippen molar-refractivity contribution in [2.24, 2.45) is 0 Å². The lowest BCUT2D eigenvalue weighted by Gasteiger charge is -2.24. The number of carbonyl (C=O) groups excluding carboxylic acids is 1. The van der Waals surface area contributed by atoms with Crippen LogP contribution in [0.2, 0.25) is 0 Å². The number of thioether (sulfide) groups is 1. The molecule has 0 aliphatic carbocycles. The van der Waals surface area contributed by atoms with Crippen molar-refractivity contribution in [3.8, 4) is 5.75 Å². The van der Waals surface area contributed by atoms with Gasteiger partial charge in [-0.25, -0.2) is 4.98 Å². The van der Waals surface area contributed by atoms with Gasteiger partial charge in [-0.2, -0.15) is 0 Å². The van der Waals surface area contributed by atoms with Crippen LogP contribution in [0.3, 0.4) is 0 Å². The lowest BCUT2D eigenvalue weighted by molar-refractivity contribution is 0.0762. The molecule has 0 bridgehead atoms. The van der Waals surface area contributed by atoms with E-state index in [4.69, 9.17) is 9.26 Å². The molecule has 0 unspecified atom stereocenters. The molecular weight excluding hydrogens is 412 g/mol. The summed E-state index contributed by atoms with van der Waals surface area (Å²) in [6.07, 6.45) is 2.64. The largest absolute Gasteiger partial charge is 0.497 e. The Hall–Kier alpha value is -3.00. The summed E-state index contributed by atoms with van der Waals surface area (Å²) in [5, 5.41) is 4.75. The summed E-state index contributed by atoms with van der Waals surface area (Å²) in [6.45, 7) is 4.97. The molecule has 162 valence electrons. The highest BCUT2D eigenvalue weighted by molar-refractivity contribution is 7.98. The summed E-state index contributed by atoms with van der Waals surface area (Å²) in [5.74, 6) is 2.26. The van der Waals surface area contributed by atoms with Crippen LogP contribution in [-0.2, 0) is 5.75 Å². The van der Waals surface area contributed by atoms with Gasteiger partial charge in [0.1, 0.15) is 16.5 Å². The molecule has 3 aromatic rings. The molecular formula is C23H26N4O3S. The molecule has 0 N–H and O–H groups in total. The number of anilines is 1. The number of benzene rings is 1. The first-order valence-electron chi connectivity index (χ1n) is 10.3. The fraction of sp³-hybridized carbons (Fsp3) is 0.348. The third-order valence-electron chi connectivity index (χ3n) is 5.26. The molecule has 0 saturated carbocycles. The highest BCUT2D eigenvalue weighted by atomic mass is 32.2. The molecule has 1 saturated heterocycles. The minimum atomic E-state index is 0.0310. The van der Waals surface area contributed by atoms with Crippen LogP contribution in [0.25, 0.3) is 0 Å². The maximum Gasteiger partial charge on any atom is 0.256 e. The smallest absolute Gasteiger partial charge is 0.256 e. The molecule has 4 rings (SSSR count). The van der Waals surface area contributed by atoms with Crippen LogP contribution in [0.5, 0.6) is 5.75 Å². The predicted molar refractivity (Wildman–Crippen MR) is 121 cm³/mol. The van der Waals surface area contributed by atoms with Crippen LogP contribution in [0, 0.1) is 6.92 Å². The average Bonchev–Trinajstić information content (AvgIpc) is 3.07. The van der Waals surface area contributed by atoms with E-state index in [2.05, 4.69) is 27.2 Å². The number of nitrogens with zero attached hydrogens (tertiary/aromatic N) is 4. The van der Waals surface area contributed by atoms with Crippen LogP contribution >= 0.6 is 11.8 Å². The van der Waals surface area contributed by atoms with E-state index < -0.39 is 0 Å². The second-order valence-corrected chi connectivity index (χ2v) is 8.37. The molecule has 0 atom stereocenters. The second-order valence-electron chi connectivity index (χ2n) is 7.40. The Kier molecular flexibility index (Phi) is 6.76. The number of pyridine rings is 1. The van der Waals surface area contributed by atoms with Gasteiger partial charge in [-0.05, 0) is 49.7 Å². The van der Waals surface area contributed by atoms with Gasteiger partial charge >= 0.3 is 0 Å². The Morgan fingerprint density at radius 1 is 1.16 bits per heavy atom. The molecule has 1 amide bonds. The zero-order valence-electron chi connectivity index (χ0n) is 17.8. The molecule has 8 heteroatoms. The summed E-state index contributed by atoms with van der Waals surface area (Å²) in [6, 6.07) is 13.7. The van der Waals surface area contributed by atoms with E-state index in [0.717, 1.165) is 54.0 Å². The van der Waals surface area contributed by atoms with Gasteiger partial charge in [0.25, 0.3) is 5.91 Å². The lowest BCUT2D eigenvalue weighted by Crippen LogP contribution is -2.35. The Morgan fingerprint density at radius 3 is 2.74 bits per heavy atom.